The standard InChI is InChI=1S/C16H21BrO3/c1-19-12-9-13(17)15(14(10-12)20-2)16(18)11-7-5-3-4-6-8-11/h9-11H,3-8H2,1-2H3. The lowest BCUT2D eigenvalue weighted by Gasteiger charge is -2.17. The van der Waals surface area contributed by atoms with Crippen LogP contribution in [0.3, 0.4) is 0 Å². The van der Waals surface area contributed by atoms with Gasteiger partial charge in [-0.05, 0) is 34.8 Å². The highest BCUT2D eigenvalue weighted by molar-refractivity contribution is 9.10. The van der Waals surface area contributed by atoms with Gasteiger partial charge in [-0.25, -0.2) is 0 Å². The van der Waals surface area contributed by atoms with E-state index in [0.29, 0.717) is 17.1 Å². The van der Waals surface area contributed by atoms with Gasteiger partial charge in [-0.2, -0.15) is 0 Å². The molecule has 110 valence electrons. The Labute approximate surface area is 128 Å². The predicted octanol–water partition coefficient (Wildman–Crippen LogP) is 4.62. The van der Waals surface area contributed by atoms with E-state index < -0.39 is 0 Å². The molecule has 0 atom stereocenters. The van der Waals surface area contributed by atoms with E-state index in [1.165, 1.54) is 12.8 Å². The zero-order valence-electron chi connectivity index (χ0n) is 12.1. The van der Waals surface area contributed by atoms with Gasteiger partial charge in [0, 0.05) is 16.5 Å². The summed E-state index contributed by atoms with van der Waals surface area (Å²) in [6.07, 6.45) is 6.75. The molecular weight excluding hydrogens is 320 g/mol. The number of methoxy groups -OCH3 is 2. The first-order valence-electron chi connectivity index (χ1n) is 7.13. The average molecular weight is 341 g/mol. The highest BCUT2D eigenvalue weighted by Crippen LogP contribution is 2.36. The zero-order chi connectivity index (χ0) is 14.5. The van der Waals surface area contributed by atoms with E-state index in [9.17, 15) is 4.79 Å². The summed E-state index contributed by atoms with van der Waals surface area (Å²) in [7, 11) is 3.19. The van der Waals surface area contributed by atoms with Crippen molar-refractivity contribution in [2.75, 3.05) is 14.2 Å². The maximum absolute atomic E-state index is 12.8. The monoisotopic (exact) mass is 340 g/mol. The molecule has 1 aliphatic rings. The van der Waals surface area contributed by atoms with Crippen LogP contribution >= 0.6 is 15.9 Å². The van der Waals surface area contributed by atoms with Gasteiger partial charge in [-0.15, -0.1) is 0 Å². The minimum Gasteiger partial charge on any atom is -0.497 e. The molecule has 4 heteroatoms. The Balaban J connectivity index is 2.32. The van der Waals surface area contributed by atoms with Crippen LogP contribution in [0.25, 0.3) is 0 Å². The van der Waals surface area contributed by atoms with Crippen molar-refractivity contribution in [3.63, 3.8) is 0 Å². The van der Waals surface area contributed by atoms with E-state index in [1.807, 2.05) is 6.07 Å². The number of ether oxygens (including phenoxy) is 2. The highest BCUT2D eigenvalue weighted by Gasteiger charge is 2.26. The predicted molar refractivity (Wildman–Crippen MR) is 82.8 cm³/mol. The molecule has 1 fully saturated rings. The Hall–Kier alpha value is -1.03. The normalized spacial score (nSPS) is 16.6. The molecule has 0 unspecified atom stereocenters. The number of rotatable bonds is 4. The smallest absolute Gasteiger partial charge is 0.170 e. The second-order valence-corrected chi connectivity index (χ2v) is 6.09. The molecule has 0 bridgehead atoms. The molecule has 0 heterocycles. The van der Waals surface area contributed by atoms with Crippen molar-refractivity contribution in [1.82, 2.24) is 0 Å². The van der Waals surface area contributed by atoms with Crippen molar-refractivity contribution >= 4 is 21.7 Å². The maximum Gasteiger partial charge on any atom is 0.170 e. The Morgan fingerprint density at radius 2 is 1.75 bits per heavy atom. The summed E-state index contributed by atoms with van der Waals surface area (Å²) in [4.78, 5) is 12.8. The fourth-order valence-electron chi connectivity index (χ4n) is 2.82. The number of carbonyl (C=O) groups is 1. The van der Waals surface area contributed by atoms with E-state index >= 15 is 0 Å². The largest absolute Gasteiger partial charge is 0.497 e. The van der Waals surface area contributed by atoms with E-state index in [4.69, 9.17) is 9.47 Å². The van der Waals surface area contributed by atoms with Crippen LogP contribution in [0, 0.1) is 5.92 Å². The summed E-state index contributed by atoms with van der Waals surface area (Å²) in [5, 5.41) is 0. The summed E-state index contributed by atoms with van der Waals surface area (Å²) in [5.41, 5.74) is 0.653. The van der Waals surface area contributed by atoms with Gasteiger partial charge in [0.05, 0.1) is 19.8 Å². The van der Waals surface area contributed by atoms with Crippen LogP contribution in [0.1, 0.15) is 48.9 Å². The summed E-state index contributed by atoms with van der Waals surface area (Å²) >= 11 is 3.49. The van der Waals surface area contributed by atoms with Crippen molar-refractivity contribution in [2.45, 2.75) is 38.5 Å². The molecule has 0 N–H and O–H groups in total. The fraction of sp³-hybridized carbons (Fsp3) is 0.562. The van der Waals surface area contributed by atoms with Crippen molar-refractivity contribution in [3.8, 4) is 11.5 Å². The van der Waals surface area contributed by atoms with Crippen LogP contribution in [0.15, 0.2) is 16.6 Å². The number of benzene rings is 1. The van der Waals surface area contributed by atoms with Crippen molar-refractivity contribution in [2.24, 2.45) is 5.92 Å². The summed E-state index contributed by atoms with van der Waals surface area (Å²) in [6.45, 7) is 0. The first-order chi connectivity index (χ1) is 9.67. The van der Waals surface area contributed by atoms with Crippen LogP contribution in [0.5, 0.6) is 11.5 Å². The van der Waals surface area contributed by atoms with E-state index in [1.54, 1.807) is 20.3 Å². The number of hydrogen-bond donors (Lipinski definition) is 0. The molecule has 1 aliphatic carbocycles. The molecule has 20 heavy (non-hydrogen) atoms. The minimum absolute atomic E-state index is 0.121. The van der Waals surface area contributed by atoms with Crippen molar-refractivity contribution < 1.29 is 14.3 Å². The number of Topliss-reactive ketones (excluding diaryl/α,β-unsaturated/α-hetero) is 1. The SMILES string of the molecule is COc1cc(Br)c(C(=O)C2CCCCCC2)c(OC)c1. The van der Waals surface area contributed by atoms with Gasteiger partial charge in [0.15, 0.2) is 5.78 Å². The van der Waals surface area contributed by atoms with Crippen molar-refractivity contribution in [1.29, 1.82) is 0 Å². The van der Waals surface area contributed by atoms with Crippen LogP contribution < -0.4 is 9.47 Å². The Morgan fingerprint density at radius 1 is 1.10 bits per heavy atom. The van der Waals surface area contributed by atoms with Crippen LogP contribution in [-0.2, 0) is 0 Å². The molecule has 1 aromatic carbocycles. The maximum atomic E-state index is 12.8. The van der Waals surface area contributed by atoms with Crippen LogP contribution in [-0.4, -0.2) is 20.0 Å². The van der Waals surface area contributed by atoms with Gasteiger partial charge in [0.25, 0.3) is 0 Å². The zero-order valence-corrected chi connectivity index (χ0v) is 13.7. The van der Waals surface area contributed by atoms with E-state index in [-0.39, 0.29) is 11.7 Å². The topological polar surface area (TPSA) is 35.5 Å². The highest BCUT2D eigenvalue weighted by atomic mass is 79.9. The second kappa shape index (κ2) is 7.11. The minimum atomic E-state index is 0.121. The number of ketones is 1. The van der Waals surface area contributed by atoms with Crippen molar-refractivity contribution in [3.05, 3.63) is 22.2 Å². The Bertz CT molecular complexity index is 477. The molecule has 0 saturated heterocycles. The quantitative estimate of drug-likeness (QED) is 0.592. The lowest BCUT2D eigenvalue weighted by Crippen LogP contribution is -2.16. The molecule has 0 aliphatic heterocycles. The van der Waals surface area contributed by atoms with Gasteiger partial charge in [-0.3, -0.25) is 4.79 Å². The lowest BCUT2D eigenvalue weighted by molar-refractivity contribution is 0.0904. The second-order valence-electron chi connectivity index (χ2n) is 5.24. The average Bonchev–Trinajstić information content (AvgIpc) is 2.74. The number of carbonyl (C=O) groups excluding carboxylic acids is 1. The van der Waals surface area contributed by atoms with Gasteiger partial charge in [0.2, 0.25) is 0 Å². The molecule has 3 nitrogen and oxygen atoms in total. The molecule has 1 aromatic rings. The third-order valence-electron chi connectivity index (χ3n) is 3.96. The fourth-order valence-corrected chi connectivity index (χ4v) is 3.44. The van der Waals surface area contributed by atoms with E-state index in [0.717, 1.165) is 30.2 Å². The number of halogens is 1. The molecular formula is C16H21BrO3. The molecule has 2 rings (SSSR count). The van der Waals surface area contributed by atoms with Gasteiger partial charge < -0.3 is 9.47 Å². The van der Waals surface area contributed by atoms with E-state index in [2.05, 4.69) is 15.9 Å². The first kappa shape index (κ1) is 15.4. The number of hydrogen-bond acceptors (Lipinski definition) is 3. The lowest BCUT2D eigenvalue weighted by atomic mass is 9.90. The van der Waals surface area contributed by atoms with Gasteiger partial charge in [-0.1, -0.05) is 25.7 Å². The molecule has 0 aromatic heterocycles. The summed E-state index contributed by atoms with van der Waals surface area (Å²) in [6, 6.07) is 3.60. The third-order valence-corrected chi connectivity index (χ3v) is 4.58. The van der Waals surface area contributed by atoms with Crippen LogP contribution in [0.4, 0.5) is 0 Å². The van der Waals surface area contributed by atoms with Gasteiger partial charge >= 0.3 is 0 Å². The summed E-state index contributed by atoms with van der Waals surface area (Å²) < 4.78 is 11.4. The molecule has 0 spiro atoms. The Morgan fingerprint density at radius 3 is 2.30 bits per heavy atom. The third kappa shape index (κ3) is 3.35. The molecule has 0 amide bonds. The van der Waals surface area contributed by atoms with Crippen LogP contribution in [0.2, 0.25) is 0 Å². The Kier molecular flexibility index (Phi) is 5.46. The van der Waals surface area contributed by atoms with Gasteiger partial charge in [0.1, 0.15) is 11.5 Å². The first-order valence-corrected chi connectivity index (χ1v) is 7.92. The molecule has 0 radical (unpaired) electrons. The summed E-state index contributed by atoms with van der Waals surface area (Å²) in [5.74, 6) is 1.59. The molecule has 1 saturated carbocycles.